The summed E-state index contributed by atoms with van der Waals surface area (Å²) in [5, 5.41) is 0. The molecule has 0 aromatic heterocycles. The lowest BCUT2D eigenvalue weighted by Crippen LogP contribution is -2.39. The molecule has 4 nitrogen and oxygen atoms in total. The quantitative estimate of drug-likeness (QED) is 0.782. The molecule has 1 saturated carbocycles. The van der Waals surface area contributed by atoms with E-state index in [-0.39, 0.29) is 12.5 Å². The zero-order valence-corrected chi connectivity index (χ0v) is 13.0. The van der Waals surface area contributed by atoms with Crippen LogP contribution < -0.4 is 9.47 Å². The molecule has 1 aromatic rings. The Balaban J connectivity index is 1.82. The molecular formula is C17H25NO3. The molecule has 21 heavy (non-hydrogen) atoms. The molecule has 4 heteroatoms. The Morgan fingerprint density at radius 3 is 2.24 bits per heavy atom. The Morgan fingerprint density at radius 1 is 1.10 bits per heavy atom. The molecule has 0 atom stereocenters. The largest absolute Gasteiger partial charge is 0.497 e. The monoisotopic (exact) mass is 291 g/mol. The molecule has 0 bridgehead atoms. The lowest BCUT2D eigenvalue weighted by Gasteiger charge is -2.27. The van der Waals surface area contributed by atoms with Gasteiger partial charge in [-0.05, 0) is 37.1 Å². The van der Waals surface area contributed by atoms with Crippen molar-refractivity contribution in [3.63, 3.8) is 0 Å². The fourth-order valence-corrected chi connectivity index (χ4v) is 2.77. The highest BCUT2D eigenvalue weighted by molar-refractivity contribution is 5.77. The summed E-state index contributed by atoms with van der Waals surface area (Å²) in [6.45, 7) is 0.0966. The van der Waals surface area contributed by atoms with Crippen LogP contribution in [0.5, 0.6) is 11.5 Å². The molecule has 116 valence electrons. The molecule has 0 unspecified atom stereocenters. The van der Waals surface area contributed by atoms with Crippen molar-refractivity contribution < 1.29 is 14.3 Å². The Morgan fingerprint density at radius 2 is 1.67 bits per heavy atom. The van der Waals surface area contributed by atoms with Crippen molar-refractivity contribution in [1.29, 1.82) is 0 Å². The van der Waals surface area contributed by atoms with Gasteiger partial charge in [-0.15, -0.1) is 0 Å². The zero-order valence-electron chi connectivity index (χ0n) is 13.0. The van der Waals surface area contributed by atoms with E-state index in [0.29, 0.717) is 11.8 Å². The fourth-order valence-electron chi connectivity index (χ4n) is 2.77. The molecular weight excluding hydrogens is 266 g/mol. The van der Waals surface area contributed by atoms with Gasteiger partial charge in [0.05, 0.1) is 7.11 Å². The van der Waals surface area contributed by atoms with Crippen LogP contribution in [-0.2, 0) is 4.79 Å². The minimum atomic E-state index is 0.0534. The first-order chi connectivity index (χ1) is 10.2. The Kier molecular flexibility index (Phi) is 5.90. The van der Waals surface area contributed by atoms with Crippen LogP contribution in [0.25, 0.3) is 0 Å². The Bertz CT molecular complexity index is 436. The number of amides is 1. The summed E-state index contributed by atoms with van der Waals surface area (Å²) in [5.41, 5.74) is 0. The third-order valence-corrected chi connectivity index (χ3v) is 4.19. The maximum Gasteiger partial charge on any atom is 0.260 e. The number of carbonyl (C=O) groups excluding carboxylic acids is 1. The van der Waals surface area contributed by atoms with Gasteiger partial charge in [-0.1, -0.05) is 25.7 Å². The third kappa shape index (κ3) is 4.66. The lowest BCUT2D eigenvalue weighted by molar-refractivity contribution is -0.134. The number of benzene rings is 1. The van der Waals surface area contributed by atoms with Gasteiger partial charge in [-0.2, -0.15) is 0 Å². The number of carbonyl (C=O) groups is 1. The molecule has 2 rings (SSSR count). The number of ether oxygens (including phenoxy) is 2. The minimum Gasteiger partial charge on any atom is -0.497 e. The van der Waals surface area contributed by atoms with E-state index in [9.17, 15) is 4.79 Å². The second-order valence-corrected chi connectivity index (χ2v) is 5.61. The van der Waals surface area contributed by atoms with Crippen LogP contribution in [0.15, 0.2) is 24.3 Å². The maximum atomic E-state index is 12.2. The Hall–Kier alpha value is -1.71. The summed E-state index contributed by atoms with van der Waals surface area (Å²) in [6, 6.07) is 7.67. The molecule has 0 radical (unpaired) electrons. The minimum absolute atomic E-state index is 0.0534. The first kappa shape index (κ1) is 15.7. The van der Waals surface area contributed by atoms with Crippen molar-refractivity contribution in [2.45, 2.75) is 44.6 Å². The number of hydrogen-bond donors (Lipinski definition) is 0. The molecule has 0 spiro atoms. The topological polar surface area (TPSA) is 38.8 Å². The van der Waals surface area contributed by atoms with Gasteiger partial charge in [0.2, 0.25) is 0 Å². The SMILES string of the molecule is COc1ccc(OCC(=O)N(C)C2CCCCCC2)cc1. The van der Waals surface area contributed by atoms with Gasteiger partial charge in [-0.25, -0.2) is 0 Å². The molecule has 0 heterocycles. The predicted octanol–water partition coefficient (Wildman–Crippen LogP) is 3.26. The van der Waals surface area contributed by atoms with Gasteiger partial charge >= 0.3 is 0 Å². The first-order valence-corrected chi connectivity index (χ1v) is 7.73. The number of hydrogen-bond acceptors (Lipinski definition) is 3. The van der Waals surface area contributed by atoms with Crippen LogP contribution in [0.3, 0.4) is 0 Å². The highest BCUT2D eigenvalue weighted by Gasteiger charge is 2.21. The van der Waals surface area contributed by atoms with Crippen molar-refractivity contribution in [3.05, 3.63) is 24.3 Å². The summed E-state index contributed by atoms with van der Waals surface area (Å²) >= 11 is 0. The number of nitrogens with zero attached hydrogens (tertiary/aromatic N) is 1. The average molecular weight is 291 g/mol. The highest BCUT2D eigenvalue weighted by atomic mass is 16.5. The van der Waals surface area contributed by atoms with E-state index in [1.54, 1.807) is 7.11 Å². The molecule has 1 amide bonds. The van der Waals surface area contributed by atoms with E-state index in [0.717, 1.165) is 18.6 Å². The van der Waals surface area contributed by atoms with E-state index in [1.165, 1.54) is 25.7 Å². The summed E-state index contributed by atoms with van der Waals surface area (Å²) < 4.78 is 10.7. The zero-order chi connectivity index (χ0) is 15.1. The van der Waals surface area contributed by atoms with Gasteiger partial charge in [-0.3, -0.25) is 4.79 Å². The van der Waals surface area contributed by atoms with Gasteiger partial charge in [0.25, 0.3) is 5.91 Å². The van der Waals surface area contributed by atoms with Crippen LogP contribution in [0, 0.1) is 0 Å². The summed E-state index contributed by atoms with van der Waals surface area (Å²) in [5.74, 6) is 1.53. The van der Waals surface area contributed by atoms with E-state index >= 15 is 0 Å². The molecule has 1 aliphatic carbocycles. The van der Waals surface area contributed by atoms with Gasteiger partial charge in [0.1, 0.15) is 11.5 Å². The van der Waals surface area contributed by atoms with Crippen LogP contribution >= 0.6 is 0 Å². The Labute approximate surface area is 127 Å². The van der Waals surface area contributed by atoms with Gasteiger partial charge in [0, 0.05) is 13.1 Å². The number of likely N-dealkylation sites (N-methyl/N-ethyl adjacent to an activating group) is 1. The van der Waals surface area contributed by atoms with E-state index in [2.05, 4.69) is 0 Å². The average Bonchev–Trinajstić information content (AvgIpc) is 2.81. The van der Waals surface area contributed by atoms with Crippen molar-refractivity contribution in [2.24, 2.45) is 0 Å². The number of rotatable bonds is 5. The van der Waals surface area contributed by atoms with Crippen molar-refractivity contribution in [1.82, 2.24) is 4.90 Å². The van der Waals surface area contributed by atoms with Crippen molar-refractivity contribution in [3.8, 4) is 11.5 Å². The van der Waals surface area contributed by atoms with Crippen LogP contribution in [0.1, 0.15) is 38.5 Å². The van der Waals surface area contributed by atoms with Gasteiger partial charge < -0.3 is 14.4 Å². The molecule has 1 fully saturated rings. The van der Waals surface area contributed by atoms with Crippen molar-refractivity contribution >= 4 is 5.91 Å². The predicted molar refractivity (Wildman–Crippen MR) is 82.7 cm³/mol. The molecule has 0 aliphatic heterocycles. The second-order valence-electron chi connectivity index (χ2n) is 5.61. The summed E-state index contributed by atoms with van der Waals surface area (Å²) in [4.78, 5) is 14.1. The molecule has 1 aromatic carbocycles. The van der Waals surface area contributed by atoms with Crippen LogP contribution in [-0.4, -0.2) is 37.6 Å². The van der Waals surface area contributed by atoms with E-state index in [4.69, 9.17) is 9.47 Å². The normalized spacial score (nSPS) is 16.1. The number of methoxy groups -OCH3 is 1. The molecule has 1 aliphatic rings. The van der Waals surface area contributed by atoms with Crippen LogP contribution in [0.2, 0.25) is 0 Å². The lowest BCUT2D eigenvalue weighted by atomic mass is 10.1. The fraction of sp³-hybridized carbons (Fsp3) is 0.588. The second kappa shape index (κ2) is 7.91. The third-order valence-electron chi connectivity index (χ3n) is 4.19. The van der Waals surface area contributed by atoms with Crippen molar-refractivity contribution in [2.75, 3.05) is 20.8 Å². The summed E-state index contributed by atoms with van der Waals surface area (Å²) in [6.07, 6.45) is 7.26. The van der Waals surface area contributed by atoms with E-state index < -0.39 is 0 Å². The standard InChI is InChI=1S/C17H25NO3/c1-18(14-7-5-3-4-6-8-14)17(19)13-21-16-11-9-15(20-2)10-12-16/h9-12,14H,3-8,13H2,1-2H3. The molecule has 0 saturated heterocycles. The van der Waals surface area contributed by atoms with Gasteiger partial charge in [0.15, 0.2) is 6.61 Å². The summed E-state index contributed by atoms with van der Waals surface area (Å²) in [7, 11) is 3.52. The smallest absolute Gasteiger partial charge is 0.260 e. The van der Waals surface area contributed by atoms with E-state index in [1.807, 2.05) is 36.2 Å². The molecule has 0 N–H and O–H groups in total. The first-order valence-electron chi connectivity index (χ1n) is 7.73. The van der Waals surface area contributed by atoms with Crippen LogP contribution in [0.4, 0.5) is 0 Å². The highest BCUT2D eigenvalue weighted by Crippen LogP contribution is 2.21. The maximum absolute atomic E-state index is 12.2.